The number of hydrogen-bond donors (Lipinski definition) is 2. The largest absolute Gasteiger partial charge is 0.367 e. The summed E-state index contributed by atoms with van der Waals surface area (Å²) in [5.41, 5.74) is 8.05. The van der Waals surface area contributed by atoms with E-state index in [1.165, 1.54) is 34.6 Å². The number of fused-ring (bicyclic) bond motifs is 1. The van der Waals surface area contributed by atoms with Gasteiger partial charge in [0.1, 0.15) is 0 Å². The third-order valence-electron chi connectivity index (χ3n) is 4.26. The van der Waals surface area contributed by atoms with E-state index in [2.05, 4.69) is 11.1 Å². The number of nitrogens with zero attached hydrogens (tertiary/aromatic N) is 2. The maximum Gasteiger partial charge on any atom is 0.321 e. The molecule has 3 N–H and O–H groups in total. The predicted molar refractivity (Wildman–Crippen MR) is 85.9 cm³/mol. The van der Waals surface area contributed by atoms with E-state index in [0.717, 1.165) is 42.9 Å². The molecule has 1 unspecified atom stereocenters. The summed E-state index contributed by atoms with van der Waals surface area (Å²) in [7, 11) is 0. The Balaban J connectivity index is 1.92. The predicted octanol–water partition coefficient (Wildman–Crippen LogP) is 2.85. The van der Waals surface area contributed by atoms with Gasteiger partial charge in [0.05, 0.1) is 5.69 Å². The third-order valence-corrected chi connectivity index (χ3v) is 5.36. The number of anilines is 1. The molecule has 1 heterocycles. The Bertz CT molecular complexity index is 611. The lowest BCUT2D eigenvalue weighted by molar-refractivity contribution is -0.128. The number of rotatable bonds is 4. The highest BCUT2D eigenvalue weighted by molar-refractivity contribution is 7.15. The molecule has 2 aliphatic carbocycles. The Morgan fingerprint density at radius 2 is 2.32 bits per heavy atom. The molecule has 1 aromatic heterocycles. The minimum absolute atomic E-state index is 0.267. The molecule has 0 radical (unpaired) electrons. The van der Waals surface area contributed by atoms with Gasteiger partial charge in [-0.25, -0.2) is 4.98 Å². The molecule has 0 aliphatic heterocycles. The average Bonchev–Trinajstić information content (AvgIpc) is 2.96. The van der Waals surface area contributed by atoms with Gasteiger partial charge in [-0.15, -0.1) is 5.06 Å². The van der Waals surface area contributed by atoms with Crippen LogP contribution in [0.25, 0.3) is 0 Å². The maximum absolute atomic E-state index is 10.6. The van der Waals surface area contributed by atoms with Gasteiger partial charge in [0, 0.05) is 10.8 Å². The lowest BCUT2D eigenvalue weighted by Crippen LogP contribution is -2.36. The van der Waals surface area contributed by atoms with E-state index < -0.39 is 0 Å². The topological polar surface area (TPSA) is 92.3 Å². The molecule has 0 fully saturated rings. The zero-order valence-electron chi connectivity index (χ0n) is 12.4. The SMILES string of the molecule is N=C(N)N(OC=O)c1nc2c(s1)CCCC2C1=CCCCC1. The van der Waals surface area contributed by atoms with Gasteiger partial charge in [-0.2, -0.15) is 0 Å². The number of aryl methyl sites for hydroxylation is 1. The molecule has 0 saturated heterocycles. The van der Waals surface area contributed by atoms with Crippen molar-refractivity contribution in [1.82, 2.24) is 4.98 Å². The van der Waals surface area contributed by atoms with Crippen molar-refractivity contribution in [2.75, 3.05) is 5.06 Å². The monoisotopic (exact) mass is 320 g/mol. The van der Waals surface area contributed by atoms with Gasteiger partial charge in [-0.05, 0) is 44.9 Å². The van der Waals surface area contributed by atoms with Crippen molar-refractivity contribution >= 4 is 28.9 Å². The summed E-state index contributed by atoms with van der Waals surface area (Å²) < 4.78 is 0. The summed E-state index contributed by atoms with van der Waals surface area (Å²) in [4.78, 5) is 21.3. The number of nitrogens with one attached hydrogen (secondary N) is 1. The summed E-state index contributed by atoms with van der Waals surface area (Å²) in [6.45, 7) is 0.267. The van der Waals surface area contributed by atoms with Crippen molar-refractivity contribution in [2.45, 2.75) is 50.9 Å². The second-order valence-corrected chi connectivity index (χ2v) is 6.72. The van der Waals surface area contributed by atoms with E-state index in [1.54, 1.807) is 0 Å². The Morgan fingerprint density at radius 1 is 1.45 bits per heavy atom. The summed E-state index contributed by atoms with van der Waals surface area (Å²) in [6.07, 6.45) is 10.5. The fraction of sp³-hybridized carbons (Fsp3) is 0.533. The summed E-state index contributed by atoms with van der Waals surface area (Å²) in [6, 6.07) is 0. The number of carbonyl (C=O) groups is 1. The molecule has 0 aromatic carbocycles. The van der Waals surface area contributed by atoms with Crippen LogP contribution in [0.15, 0.2) is 11.6 Å². The molecule has 6 nitrogen and oxygen atoms in total. The molecular formula is C15H20N4O2S. The van der Waals surface area contributed by atoms with Gasteiger partial charge in [0.15, 0.2) is 0 Å². The third kappa shape index (κ3) is 2.85. The number of hydrogen-bond acceptors (Lipinski definition) is 5. The van der Waals surface area contributed by atoms with Gasteiger partial charge in [0.25, 0.3) is 0 Å². The Kier molecular flexibility index (Phi) is 4.42. The Labute approximate surface area is 133 Å². The van der Waals surface area contributed by atoms with Crippen LogP contribution in [0.5, 0.6) is 0 Å². The van der Waals surface area contributed by atoms with Gasteiger partial charge >= 0.3 is 6.47 Å². The van der Waals surface area contributed by atoms with E-state index in [1.807, 2.05) is 0 Å². The number of aromatic nitrogens is 1. The van der Waals surface area contributed by atoms with Crippen LogP contribution in [0.2, 0.25) is 0 Å². The molecule has 1 atom stereocenters. The first kappa shape index (κ1) is 15.0. The maximum atomic E-state index is 10.6. The number of hydroxylamine groups is 1. The van der Waals surface area contributed by atoms with Gasteiger partial charge in [0.2, 0.25) is 11.1 Å². The minimum Gasteiger partial charge on any atom is -0.367 e. The lowest BCUT2D eigenvalue weighted by Gasteiger charge is -2.26. The Morgan fingerprint density at radius 3 is 3.00 bits per heavy atom. The zero-order valence-corrected chi connectivity index (χ0v) is 13.2. The smallest absolute Gasteiger partial charge is 0.321 e. The van der Waals surface area contributed by atoms with E-state index in [0.29, 0.717) is 11.0 Å². The summed E-state index contributed by atoms with van der Waals surface area (Å²) >= 11 is 1.46. The zero-order chi connectivity index (χ0) is 15.5. The van der Waals surface area contributed by atoms with Crippen molar-refractivity contribution in [3.63, 3.8) is 0 Å². The molecule has 22 heavy (non-hydrogen) atoms. The van der Waals surface area contributed by atoms with Crippen molar-refractivity contribution in [3.8, 4) is 0 Å². The van der Waals surface area contributed by atoms with E-state index in [4.69, 9.17) is 16.0 Å². The number of thiazole rings is 1. The van der Waals surface area contributed by atoms with Crippen LogP contribution in [-0.4, -0.2) is 17.4 Å². The van der Waals surface area contributed by atoms with Crippen molar-refractivity contribution in [2.24, 2.45) is 5.73 Å². The fourth-order valence-corrected chi connectivity index (χ4v) is 4.41. The first-order chi connectivity index (χ1) is 10.7. The Hall–Kier alpha value is -1.89. The van der Waals surface area contributed by atoms with Crippen LogP contribution in [0.3, 0.4) is 0 Å². The standard InChI is InChI=1S/C15H20N4O2S/c16-14(17)19(21-9-20)15-18-13-11(7-4-8-12(13)22-15)10-5-2-1-3-6-10/h5,9,11H,1-4,6-8H2,(H3,16,17). The first-order valence-corrected chi connectivity index (χ1v) is 8.45. The second-order valence-electron chi connectivity index (χ2n) is 5.66. The quantitative estimate of drug-likeness (QED) is 0.292. The average molecular weight is 320 g/mol. The second kappa shape index (κ2) is 6.48. The first-order valence-electron chi connectivity index (χ1n) is 7.63. The van der Waals surface area contributed by atoms with Crippen LogP contribution in [0, 0.1) is 5.41 Å². The number of carbonyl (C=O) groups excluding carboxylic acids is 1. The molecular weight excluding hydrogens is 300 g/mol. The fourth-order valence-electron chi connectivity index (χ4n) is 3.28. The molecule has 0 amide bonds. The molecule has 0 bridgehead atoms. The summed E-state index contributed by atoms with van der Waals surface area (Å²) in [5.74, 6) is 0.0331. The minimum atomic E-state index is -0.341. The van der Waals surface area contributed by atoms with Crippen LogP contribution in [-0.2, 0) is 16.1 Å². The molecule has 2 aliphatic rings. The van der Waals surface area contributed by atoms with Crippen LogP contribution < -0.4 is 10.8 Å². The van der Waals surface area contributed by atoms with Crippen LogP contribution in [0.4, 0.5) is 5.13 Å². The van der Waals surface area contributed by atoms with Gasteiger partial charge in [-0.1, -0.05) is 23.0 Å². The molecule has 0 spiro atoms. The van der Waals surface area contributed by atoms with E-state index in [-0.39, 0.29) is 12.4 Å². The van der Waals surface area contributed by atoms with Crippen molar-refractivity contribution < 1.29 is 9.63 Å². The van der Waals surface area contributed by atoms with Crippen LogP contribution in [0.1, 0.15) is 55.0 Å². The van der Waals surface area contributed by atoms with Gasteiger partial charge < -0.3 is 10.6 Å². The van der Waals surface area contributed by atoms with Crippen molar-refractivity contribution in [3.05, 3.63) is 22.2 Å². The highest BCUT2D eigenvalue weighted by Gasteiger charge is 2.30. The normalized spacial score (nSPS) is 20.7. The molecule has 3 rings (SSSR count). The molecule has 0 saturated carbocycles. The highest BCUT2D eigenvalue weighted by Crippen LogP contribution is 2.43. The van der Waals surface area contributed by atoms with Gasteiger partial charge in [-0.3, -0.25) is 10.2 Å². The van der Waals surface area contributed by atoms with Crippen LogP contribution >= 0.6 is 11.3 Å². The molecule has 7 heteroatoms. The summed E-state index contributed by atoms with van der Waals surface area (Å²) in [5, 5.41) is 8.98. The molecule has 1 aromatic rings. The number of allylic oxidation sites excluding steroid dienone is 2. The molecule has 118 valence electrons. The van der Waals surface area contributed by atoms with E-state index >= 15 is 0 Å². The van der Waals surface area contributed by atoms with Crippen molar-refractivity contribution in [1.29, 1.82) is 5.41 Å². The lowest BCUT2D eigenvalue weighted by atomic mass is 9.80. The van der Waals surface area contributed by atoms with E-state index in [9.17, 15) is 4.79 Å². The number of nitrogens with two attached hydrogens (primary N) is 1. The number of guanidine groups is 1. The highest BCUT2D eigenvalue weighted by atomic mass is 32.1.